The summed E-state index contributed by atoms with van der Waals surface area (Å²) in [4.78, 5) is 23.1. The molecule has 0 aliphatic heterocycles. The Kier molecular flexibility index (Phi) is 5.74. The summed E-state index contributed by atoms with van der Waals surface area (Å²) >= 11 is 0. The van der Waals surface area contributed by atoms with Gasteiger partial charge in [-0.05, 0) is 39.8 Å². The lowest BCUT2D eigenvalue weighted by molar-refractivity contribution is -0.155. The van der Waals surface area contributed by atoms with Crippen LogP contribution in [0.4, 0.5) is 0 Å². The Hall–Kier alpha value is -1.84. The normalized spacial score (nSPS) is 11.0. The number of benzene rings is 1. The van der Waals surface area contributed by atoms with Crippen LogP contribution in [0.15, 0.2) is 24.3 Å². The van der Waals surface area contributed by atoms with E-state index in [1.807, 2.05) is 31.2 Å². The molecule has 0 bridgehead atoms. The summed E-state index contributed by atoms with van der Waals surface area (Å²) in [5.41, 5.74) is 0.618. The zero-order chi connectivity index (χ0) is 15.2. The molecule has 4 nitrogen and oxygen atoms in total. The Labute approximate surface area is 120 Å². The molecule has 110 valence electrons. The first-order chi connectivity index (χ1) is 9.26. The first-order valence-electron chi connectivity index (χ1n) is 6.69. The Morgan fingerprint density at radius 2 is 1.65 bits per heavy atom. The van der Waals surface area contributed by atoms with Crippen LogP contribution < -0.4 is 4.74 Å². The van der Waals surface area contributed by atoms with Crippen LogP contribution in [-0.4, -0.2) is 24.0 Å². The van der Waals surface area contributed by atoms with Gasteiger partial charge in [0, 0.05) is 6.42 Å². The highest BCUT2D eigenvalue weighted by atomic mass is 16.6. The van der Waals surface area contributed by atoms with Crippen molar-refractivity contribution < 1.29 is 19.1 Å². The number of hydrogen-bond acceptors (Lipinski definition) is 4. The summed E-state index contributed by atoms with van der Waals surface area (Å²) in [5, 5.41) is 0. The fourth-order valence-corrected chi connectivity index (χ4v) is 1.50. The van der Waals surface area contributed by atoms with E-state index in [0.717, 1.165) is 5.56 Å². The van der Waals surface area contributed by atoms with Gasteiger partial charge in [0.1, 0.15) is 18.0 Å². The molecule has 0 saturated heterocycles. The van der Waals surface area contributed by atoms with Crippen molar-refractivity contribution in [2.24, 2.45) is 0 Å². The van der Waals surface area contributed by atoms with Gasteiger partial charge in [-0.15, -0.1) is 0 Å². The van der Waals surface area contributed by atoms with Crippen molar-refractivity contribution in [1.29, 1.82) is 0 Å². The zero-order valence-electron chi connectivity index (χ0n) is 12.6. The van der Waals surface area contributed by atoms with Gasteiger partial charge in [0.15, 0.2) is 5.78 Å². The lowest BCUT2D eigenvalue weighted by Crippen LogP contribution is -2.24. The van der Waals surface area contributed by atoms with Gasteiger partial charge in [-0.2, -0.15) is 0 Å². The molecule has 0 fully saturated rings. The average Bonchev–Trinajstić information content (AvgIpc) is 2.33. The van der Waals surface area contributed by atoms with E-state index >= 15 is 0 Å². The van der Waals surface area contributed by atoms with Gasteiger partial charge in [-0.3, -0.25) is 9.59 Å². The van der Waals surface area contributed by atoms with Crippen molar-refractivity contribution in [2.45, 2.75) is 46.1 Å². The van der Waals surface area contributed by atoms with Gasteiger partial charge in [-0.25, -0.2) is 0 Å². The van der Waals surface area contributed by atoms with Crippen molar-refractivity contribution in [3.8, 4) is 5.75 Å². The van der Waals surface area contributed by atoms with Crippen LogP contribution in [0, 0.1) is 6.92 Å². The third-order valence-electron chi connectivity index (χ3n) is 2.45. The molecular formula is C16H22O4. The van der Waals surface area contributed by atoms with Crippen LogP contribution in [-0.2, 0) is 14.3 Å². The summed E-state index contributed by atoms with van der Waals surface area (Å²) in [6, 6.07) is 7.47. The second-order valence-electron chi connectivity index (χ2n) is 5.73. The molecule has 0 amide bonds. The molecule has 0 spiro atoms. The van der Waals surface area contributed by atoms with E-state index in [1.54, 1.807) is 20.8 Å². The van der Waals surface area contributed by atoms with E-state index in [0.29, 0.717) is 5.75 Å². The highest BCUT2D eigenvalue weighted by Crippen LogP contribution is 2.12. The van der Waals surface area contributed by atoms with Gasteiger partial charge in [-0.1, -0.05) is 17.7 Å². The van der Waals surface area contributed by atoms with Crippen LogP contribution in [0.3, 0.4) is 0 Å². The van der Waals surface area contributed by atoms with Crippen molar-refractivity contribution in [2.75, 3.05) is 6.61 Å². The Bertz CT molecular complexity index is 454. The molecule has 1 rings (SSSR count). The standard InChI is InChI=1S/C16H22O4/c1-12-5-8-14(9-6-12)19-11-13(17)7-10-15(18)20-16(2,3)4/h5-6,8-9H,7,10-11H2,1-4H3. The molecule has 0 saturated carbocycles. The van der Waals surface area contributed by atoms with Gasteiger partial charge in [0.2, 0.25) is 0 Å². The first kappa shape index (κ1) is 16.2. The molecule has 0 unspecified atom stereocenters. The van der Waals surface area contributed by atoms with Crippen LogP contribution >= 0.6 is 0 Å². The fourth-order valence-electron chi connectivity index (χ4n) is 1.50. The van der Waals surface area contributed by atoms with E-state index < -0.39 is 5.60 Å². The van der Waals surface area contributed by atoms with Crippen molar-refractivity contribution >= 4 is 11.8 Å². The van der Waals surface area contributed by atoms with E-state index in [9.17, 15) is 9.59 Å². The van der Waals surface area contributed by atoms with Crippen molar-refractivity contribution in [3.63, 3.8) is 0 Å². The molecule has 0 radical (unpaired) electrons. The average molecular weight is 278 g/mol. The molecule has 0 aliphatic rings. The SMILES string of the molecule is Cc1ccc(OCC(=O)CCC(=O)OC(C)(C)C)cc1. The second-order valence-corrected chi connectivity index (χ2v) is 5.73. The summed E-state index contributed by atoms with van der Waals surface area (Å²) in [6.07, 6.45) is 0.230. The molecule has 0 aromatic heterocycles. The number of rotatable bonds is 6. The number of ketones is 1. The van der Waals surface area contributed by atoms with Gasteiger partial charge < -0.3 is 9.47 Å². The van der Waals surface area contributed by atoms with Gasteiger partial charge in [0.25, 0.3) is 0 Å². The van der Waals surface area contributed by atoms with Gasteiger partial charge >= 0.3 is 5.97 Å². The van der Waals surface area contributed by atoms with Crippen LogP contribution in [0.5, 0.6) is 5.75 Å². The first-order valence-corrected chi connectivity index (χ1v) is 6.69. The number of hydrogen-bond donors (Lipinski definition) is 0. The lowest BCUT2D eigenvalue weighted by Gasteiger charge is -2.19. The Balaban J connectivity index is 2.27. The highest BCUT2D eigenvalue weighted by Gasteiger charge is 2.17. The molecule has 1 aromatic rings. The number of Topliss-reactive ketones (excluding diaryl/α,β-unsaturated/α-hetero) is 1. The minimum atomic E-state index is -0.515. The van der Waals surface area contributed by atoms with Crippen molar-refractivity contribution in [3.05, 3.63) is 29.8 Å². The molecule has 0 N–H and O–H groups in total. The smallest absolute Gasteiger partial charge is 0.306 e. The number of carbonyl (C=O) groups is 2. The predicted octanol–water partition coefficient (Wildman–Crippen LogP) is 3.06. The number of ether oxygens (including phenoxy) is 2. The molecule has 1 aromatic carbocycles. The Morgan fingerprint density at radius 1 is 1.05 bits per heavy atom. The zero-order valence-corrected chi connectivity index (χ0v) is 12.6. The lowest BCUT2D eigenvalue weighted by atomic mass is 10.2. The fraction of sp³-hybridized carbons (Fsp3) is 0.500. The maximum atomic E-state index is 11.6. The number of esters is 1. The summed E-state index contributed by atoms with van der Waals surface area (Å²) < 4.78 is 10.5. The predicted molar refractivity (Wildman–Crippen MR) is 76.8 cm³/mol. The number of carbonyl (C=O) groups excluding carboxylic acids is 2. The topological polar surface area (TPSA) is 52.6 Å². The third kappa shape index (κ3) is 6.92. The summed E-state index contributed by atoms with van der Waals surface area (Å²) in [5.74, 6) is 0.179. The molecular weight excluding hydrogens is 256 g/mol. The molecule has 4 heteroatoms. The highest BCUT2D eigenvalue weighted by molar-refractivity contribution is 5.84. The minimum absolute atomic E-state index is 0.0220. The maximum absolute atomic E-state index is 11.6. The van der Waals surface area contributed by atoms with Crippen LogP contribution in [0.25, 0.3) is 0 Å². The van der Waals surface area contributed by atoms with E-state index in [-0.39, 0.29) is 31.2 Å². The number of aryl methyl sites for hydroxylation is 1. The van der Waals surface area contributed by atoms with Crippen molar-refractivity contribution in [1.82, 2.24) is 0 Å². The van der Waals surface area contributed by atoms with Gasteiger partial charge in [0.05, 0.1) is 6.42 Å². The quantitative estimate of drug-likeness (QED) is 0.750. The maximum Gasteiger partial charge on any atom is 0.306 e. The van der Waals surface area contributed by atoms with E-state index in [1.165, 1.54) is 0 Å². The van der Waals surface area contributed by atoms with Crippen LogP contribution in [0.1, 0.15) is 39.2 Å². The molecule has 0 heterocycles. The summed E-state index contributed by atoms with van der Waals surface area (Å²) in [6.45, 7) is 7.36. The van der Waals surface area contributed by atoms with E-state index in [2.05, 4.69) is 0 Å². The van der Waals surface area contributed by atoms with Crippen LogP contribution in [0.2, 0.25) is 0 Å². The van der Waals surface area contributed by atoms with E-state index in [4.69, 9.17) is 9.47 Å². The molecule has 20 heavy (non-hydrogen) atoms. The monoisotopic (exact) mass is 278 g/mol. The second kappa shape index (κ2) is 7.08. The Morgan fingerprint density at radius 3 is 2.20 bits per heavy atom. The minimum Gasteiger partial charge on any atom is -0.486 e. The summed E-state index contributed by atoms with van der Waals surface area (Å²) in [7, 11) is 0. The molecule has 0 aliphatic carbocycles. The molecule has 0 atom stereocenters. The third-order valence-corrected chi connectivity index (χ3v) is 2.45. The largest absolute Gasteiger partial charge is 0.486 e.